The summed E-state index contributed by atoms with van der Waals surface area (Å²) in [5.41, 5.74) is 1.12. The third-order valence-electron chi connectivity index (χ3n) is 4.89. The average molecular weight is 569 g/mol. The van der Waals surface area contributed by atoms with Crippen molar-refractivity contribution in [2.24, 2.45) is 4.99 Å². The summed E-state index contributed by atoms with van der Waals surface area (Å²) in [5, 5.41) is 3.32. The highest BCUT2D eigenvalue weighted by Gasteiger charge is 2.28. The Balaban J connectivity index is 0.00000480. The van der Waals surface area contributed by atoms with Gasteiger partial charge in [-0.25, -0.2) is 8.42 Å². The van der Waals surface area contributed by atoms with Crippen LogP contribution in [0.3, 0.4) is 0 Å². The Labute approximate surface area is 204 Å². The van der Waals surface area contributed by atoms with Crippen LogP contribution in [0.2, 0.25) is 0 Å². The number of guanidine groups is 1. The van der Waals surface area contributed by atoms with E-state index < -0.39 is 10.0 Å². The van der Waals surface area contributed by atoms with Crippen LogP contribution in [-0.2, 0) is 21.2 Å². The van der Waals surface area contributed by atoms with Crippen molar-refractivity contribution in [2.75, 3.05) is 58.7 Å². The minimum Gasteiger partial charge on any atom is -0.496 e. The van der Waals surface area contributed by atoms with E-state index in [4.69, 9.17) is 14.5 Å². The predicted molar refractivity (Wildman–Crippen MR) is 136 cm³/mol. The van der Waals surface area contributed by atoms with Crippen molar-refractivity contribution in [1.82, 2.24) is 14.5 Å². The molecule has 1 aromatic rings. The summed E-state index contributed by atoms with van der Waals surface area (Å²) in [6, 6.07) is 7.96. The largest absolute Gasteiger partial charge is 0.496 e. The number of sulfonamides is 1. The molecule has 0 atom stereocenters. The summed E-state index contributed by atoms with van der Waals surface area (Å²) in [6.07, 6.45) is 0.815. The van der Waals surface area contributed by atoms with Gasteiger partial charge in [0.15, 0.2) is 5.96 Å². The molecule has 31 heavy (non-hydrogen) atoms. The van der Waals surface area contributed by atoms with Crippen molar-refractivity contribution in [3.8, 4) is 5.75 Å². The molecule has 1 fully saturated rings. The lowest BCUT2D eigenvalue weighted by Gasteiger charge is -2.36. The Hall–Kier alpha value is -1.11. The van der Waals surface area contributed by atoms with Crippen LogP contribution in [0.1, 0.15) is 26.3 Å². The van der Waals surface area contributed by atoms with Gasteiger partial charge in [-0.3, -0.25) is 4.99 Å². The van der Waals surface area contributed by atoms with Crippen molar-refractivity contribution in [3.63, 3.8) is 0 Å². The molecule has 0 bridgehead atoms. The second-order valence-electron chi connectivity index (χ2n) is 7.42. The van der Waals surface area contributed by atoms with E-state index in [-0.39, 0.29) is 42.4 Å². The zero-order valence-electron chi connectivity index (χ0n) is 19.0. The van der Waals surface area contributed by atoms with E-state index in [9.17, 15) is 8.42 Å². The van der Waals surface area contributed by atoms with Crippen molar-refractivity contribution in [2.45, 2.75) is 33.3 Å². The van der Waals surface area contributed by atoms with Gasteiger partial charge in [0.05, 0.1) is 25.6 Å². The molecule has 0 unspecified atom stereocenters. The van der Waals surface area contributed by atoms with Crippen molar-refractivity contribution >= 4 is 40.0 Å². The second kappa shape index (κ2) is 14.1. The molecule has 1 aliphatic rings. The maximum absolute atomic E-state index is 12.5. The van der Waals surface area contributed by atoms with Gasteiger partial charge < -0.3 is 19.7 Å². The average Bonchev–Trinajstić information content (AvgIpc) is 2.73. The zero-order valence-corrected chi connectivity index (χ0v) is 22.2. The SMILES string of the molecule is CCNC(=NCCc1ccccc1OC)N1CCN(S(=O)(=O)CCOC(C)C)CC1.I. The Morgan fingerprint density at radius 1 is 1.19 bits per heavy atom. The number of halogens is 1. The molecule has 0 saturated carbocycles. The molecule has 0 aliphatic carbocycles. The van der Waals surface area contributed by atoms with E-state index in [2.05, 4.69) is 10.2 Å². The fourth-order valence-electron chi connectivity index (χ4n) is 3.31. The summed E-state index contributed by atoms with van der Waals surface area (Å²) in [5.74, 6) is 1.73. The van der Waals surface area contributed by atoms with Crippen LogP contribution in [0.5, 0.6) is 5.75 Å². The van der Waals surface area contributed by atoms with Crippen molar-refractivity contribution < 1.29 is 17.9 Å². The summed E-state index contributed by atoms with van der Waals surface area (Å²) in [7, 11) is -1.62. The minimum absolute atomic E-state index is 0. The molecule has 1 heterocycles. The molecule has 0 spiro atoms. The molecule has 0 amide bonds. The van der Waals surface area contributed by atoms with Gasteiger partial charge in [0.2, 0.25) is 10.0 Å². The smallest absolute Gasteiger partial charge is 0.216 e. The molecule has 1 aromatic carbocycles. The quantitative estimate of drug-likeness (QED) is 0.265. The molecule has 1 aliphatic heterocycles. The Morgan fingerprint density at radius 3 is 2.48 bits per heavy atom. The van der Waals surface area contributed by atoms with E-state index in [1.807, 2.05) is 45.0 Å². The van der Waals surface area contributed by atoms with E-state index in [0.717, 1.165) is 30.2 Å². The molecule has 10 heteroatoms. The van der Waals surface area contributed by atoms with Gasteiger partial charge in [-0.05, 0) is 38.8 Å². The standard InChI is InChI=1S/C21H36N4O4S.HI/c1-5-22-21(23-11-10-19-8-6-7-9-20(19)28-4)24-12-14-25(15-13-24)30(26,27)17-16-29-18(2)3;/h6-9,18H,5,10-17H2,1-4H3,(H,22,23);1H. The zero-order chi connectivity index (χ0) is 22.0. The first-order valence-corrected chi connectivity index (χ1v) is 12.2. The molecule has 1 N–H and O–H groups in total. The maximum atomic E-state index is 12.5. The van der Waals surface area contributed by atoms with Gasteiger partial charge in [-0.1, -0.05) is 18.2 Å². The van der Waals surface area contributed by atoms with Gasteiger partial charge in [0.1, 0.15) is 5.75 Å². The van der Waals surface area contributed by atoms with Crippen LogP contribution in [0.4, 0.5) is 0 Å². The Bertz CT molecular complexity index is 781. The topological polar surface area (TPSA) is 83.5 Å². The molecule has 178 valence electrons. The van der Waals surface area contributed by atoms with Gasteiger partial charge in [0.25, 0.3) is 0 Å². The molecule has 8 nitrogen and oxygen atoms in total. The molecular formula is C21H37IN4O4S. The molecule has 2 rings (SSSR count). The second-order valence-corrected chi connectivity index (χ2v) is 9.51. The van der Waals surface area contributed by atoms with Gasteiger partial charge in [-0.2, -0.15) is 4.31 Å². The number of nitrogens with zero attached hydrogens (tertiary/aromatic N) is 3. The summed E-state index contributed by atoms with van der Waals surface area (Å²) in [4.78, 5) is 6.88. The number of benzene rings is 1. The number of para-hydroxylation sites is 1. The normalized spacial score (nSPS) is 15.6. The minimum atomic E-state index is -3.29. The fraction of sp³-hybridized carbons (Fsp3) is 0.667. The third-order valence-corrected chi connectivity index (χ3v) is 6.73. The highest BCUT2D eigenvalue weighted by atomic mass is 127. The van der Waals surface area contributed by atoms with Crippen molar-refractivity contribution in [3.05, 3.63) is 29.8 Å². The number of nitrogens with one attached hydrogen (secondary N) is 1. The number of hydrogen-bond acceptors (Lipinski definition) is 5. The lowest BCUT2D eigenvalue weighted by atomic mass is 10.1. The van der Waals surface area contributed by atoms with E-state index in [1.54, 1.807) is 11.4 Å². The molecule has 0 aromatic heterocycles. The van der Waals surface area contributed by atoms with Crippen molar-refractivity contribution in [1.29, 1.82) is 0 Å². The third kappa shape index (κ3) is 9.11. The monoisotopic (exact) mass is 568 g/mol. The number of hydrogen-bond donors (Lipinski definition) is 1. The van der Waals surface area contributed by atoms with Crippen LogP contribution in [-0.4, -0.2) is 88.4 Å². The lowest BCUT2D eigenvalue weighted by Crippen LogP contribution is -2.54. The first kappa shape index (κ1) is 27.9. The Morgan fingerprint density at radius 2 is 1.87 bits per heavy atom. The summed E-state index contributed by atoms with van der Waals surface area (Å²) < 4.78 is 37.4. The first-order chi connectivity index (χ1) is 14.4. The van der Waals surface area contributed by atoms with Crippen LogP contribution in [0.25, 0.3) is 0 Å². The summed E-state index contributed by atoms with van der Waals surface area (Å²) in [6.45, 7) is 9.61. The van der Waals surface area contributed by atoms with Gasteiger partial charge >= 0.3 is 0 Å². The lowest BCUT2D eigenvalue weighted by molar-refractivity contribution is 0.0904. The summed E-state index contributed by atoms with van der Waals surface area (Å²) >= 11 is 0. The molecule has 0 radical (unpaired) electrons. The van der Waals surface area contributed by atoms with E-state index >= 15 is 0 Å². The first-order valence-electron chi connectivity index (χ1n) is 10.6. The molecule has 1 saturated heterocycles. The van der Waals surface area contributed by atoms with Crippen LogP contribution < -0.4 is 10.1 Å². The van der Waals surface area contributed by atoms with Gasteiger partial charge in [-0.15, -0.1) is 24.0 Å². The number of rotatable bonds is 10. The number of methoxy groups -OCH3 is 1. The van der Waals surface area contributed by atoms with E-state index in [1.165, 1.54) is 0 Å². The number of aliphatic imine (C=N–C) groups is 1. The van der Waals surface area contributed by atoms with E-state index in [0.29, 0.717) is 32.7 Å². The Kier molecular flexibility index (Phi) is 12.7. The predicted octanol–water partition coefficient (Wildman–Crippen LogP) is 2.19. The highest BCUT2D eigenvalue weighted by molar-refractivity contribution is 14.0. The number of piperazine rings is 1. The van der Waals surface area contributed by atoms with Crippen LogP contribution >= 0.6 is 24.0 Å². The van der Waals surface area contributed by atoms with Gasteiger partial charge in [0, 0.05) is 39.3 Å². The fourth-order valence-corrected chi connectivity index (χ4v) is 4.60. The number of ether oxygens (including phenoxy) is 2. The molecular weight excluding hydrogens is 531 g/mol. The van der Waals surface area contributed by atoms with Crippen LogP contribution in [0.15, 0.2) is 29.3 Å². The highest BCUT2D eigenvalue weighted by Crippen LogP contribution is 2.17. The maximum Gasteiger partial charge on any atom is 0.216 e. The van der Waals surface area contributed by atoms with Crippen LogP contribution in [0, 0.1) is 0 Å².